The summed E-state index contributed by atoms with van der Waals surface area (Å²) in [6.07, 6.45) is 0. The zero-order chi connectivity index (χ0) is 15.4. The number of benzene rings is 2. The third-order valence-electron chi connectivity index (χ3n) is 3.21. The molecule has 4 heteroatoms. The number of nitrogens with two attached hydrogens (primary N) is 1. The first-order valence-corrected chi connectivity index (χ1v) is 6.68. The van der Waals surface area contributed by atoms with Crippen LogP contribution in [-0.4, -0.2) is 0 Å². The number of aryl methyl sites for hydroxylation is 1. The molecule has 1 atom stereocenters. The predicted octanol–water partition coefficient (Wildman–Crippen LogP) is 3.60. The Kier molecular flexibility index (Phi) is 4.56. The molecule has 1 unspecified atom stereocenters. The Hall–Kier alpha value is -2.38. The summed E-state index contributed by atoms with van der Waals surface area (Å²) in [5.41, 5.74) is 8.66. The van der Waals surface area contributed by atoms with Crippen LogP contribution in [0.4, 0.5) is 4.39 Å². The van der Waals surface area contributed by atoms with Gasteiger partial charge in [-0.1, -0.05) is 17.7 Å². The van der Waals surface area contributed by atoms with E-state index in [4.69, 9.17) is 15.7 Å². The molecule has 2 aromatic carbocycles. The number of ether oxygens (including phenoxy) is 1. The quantitative estimate of drug-likeness (QED) is 0.933. The molecule has 0 radical (unpaired) electrons. The summed E-state index contributed by atoms with van der Waals surface area (Å²) in [5, 5.41) is 8.86. The molecule has 2 rings (SSSR count). The average Bonchev–Trinajstić information content (AvgIpc) is 2.47. The van der Waals surface area contributed by atoms with E-state index in [1.807, 2.05) is 38.1 Å². The van der Waals surface area contributed by atoms with Crippen LogP contribution in [0.2, 0.25) is 0 Å². The second-order valence-electron chi connectivity index (χ2n) is 5.04. The maximum absolute atomic E-state index is 13.7. The molecule has 0 saturated carbocycles. The summed E-state index contributed by atoms with van der Waals surface area (Å²) in [6, 6.07) is 11.7. The average molecular weight is 284 g/mol. The maximum Gasteiger partial charge on any atom is 0.129 e. The van der Waals surface area contributed by atoms with E-state index in [2.05, 4.69) is 0 Å². The lowest BCUT2D eigenvalue weighted by Crippen LogP contribution is -2.09. The van der Waals surface area contributed by atoms with Crippen LogP contribution < -0.4 is 10.5 Å². The summed E-state index contributed by atoms with van der Waals surface area (Å²) < 4.78 is 19.4. The molecule has 0 heterocycles. The van der Waals surface area contributed by atoms with Gasteiger partial charge in [0.15, 0.2) is 0 Å². The van der Waals surface area contributed by atoms with Gasteiger partial charge in [0.05, 0.1) is 11.6 Å². The number of halogens is 1. The van der Waals surface area contributed by atoms with E-state index in [1.54, 1.807) is 0 Å². The molecule has 0 bridgehead atoms. The SMILES string of the molecule is Cc1ccc(OCc2cc(C#N)ccc2F)c(C(C)N)c1. The minimum Gasteiger partial charge on any atom is -0.488 e. The van der Waals surface area contributed by atoms with Crippen molar-refractivity contribution in [3.8, 4) is 11.8 Å². The normalized spacial score (nSPS) is 11.8. The third kappa shape index (κ3) is 3.59. The van der Waals surface area contributed by atoms with Crippen LogP contribution in [0, 0.1) is 24.1 Å². The highest BCUT2D eigenvalue weighted by molar-refractivity contribution is 5.39. The second-order valence-corrected chi connectivity index (χ2v) is 5.04. The first kappa shape index (κ1) is 15.0. The van der Waals surface area contributed by atoms with E-state index in [0.29, 0.717) is 16.9 Å². The first-order chi connectivity index (χ1) is 10.0. The van der Waals surface area contributed by atoms with Crippen molar-refractivity contribution < 1.29 is 9.13 Å². The van der Waals surface area contributed by atoms with Gasteiger partial charge >= 0.3 is 0 Å². The Bertz CT molecular complexity index is 690. The summed E-state index contributed by atoms with van der Waals surface area (Å²) >= 11 is 0. The smallest absolute Gasteiger partial charge is 0.129 e. The zero-order valence-corrected chi connectivity index (χ0v) is 12.1. The van der Waals surface area contributed by atoms with Crippen LogP contribution in [0.25, 0.3) is 0 Å². The molecule has 0 amide bonds. The van der Waals surface area contributed by atoms with Gasteiger partial charge in [0, 0.05) is 17.2 Å². The van der Waals surface area contributed by atoms with E-state index < -0.39 is 0 Å². The highest BCUT2D eigenvalue weighted by atomic mass is 19.1. The largest absolute Gasteiger partial charge is 0.488 e. The third-order valence-corrected chi connectivity index (χ3v) is 3.21. The minimum atomic E-state index is -0.386. The number of nitriles is 1. The molecule has 0 fully saturated rings. The van der Waals surface area contributed by atoms with Crippen molar-refractivity contribution in [1.29, 1.82) is 5.26 Å². The summed E-state index contributed by atoms with van der Waals surface area (Å²) in [6.45, 7) is 3.91. The molecule has 108 valence electrons. The van der Waals surface area contributed by atoms with Gasteiger partial charge in [0.1, 0.15) is 18.2 Å². The molecule has 0 aliphatic heterocycles. The van der Waals surface area contributed by atoms with Gasteiger partial charge in [-0.2, -0.15) is 5.26 Å². The van der Waals surface area contributed by atoms with Gasteiger partial charge in [-0.25, -0.2) is 4.39 Å². The fourth-order valence-electron chi connectivity index (χ4n) is 2.07. The molecule has 3 nitrogen and oxygen atoms in total. The minimum absolute atomic E-state index is 0.0597. The number of hydrogen-bond donors (Lipinski definition) is 1. The van der Waals surface area contributed by atoms with Crippen LogP contribution in [0.1, 0.15) is 35.2 Å². The van der Waals surface area contributed by atoms with Crippen molar-refractivity contribution in [2.45, 2.75) is 26.5 Å². The van der Waals surface area contributed by atoms with Crippen LogP contribution in [0.15, 0.2) is 36.4 Å². The summed E-state index contributed by atoms with van der Waals surface area (Å²) in [5.74, 6) is 0.251. The lowest BCUT2D eigenvalue weighted by atomic mass is 10.1. The first-order valence-electron chi connectivity index (χ1n) is 6.68. The Morgan fingerprint density at radius 2 is 2.05 bits per heavy atom. The summed E-state index contributed by atoms with van der Waals surface area (Å²) in [7, 11) is 0. The van der Waals surface area contributed by atoms with Crippen LogP contribution >= 0.6 is 0 Å². The van der Waals surface area contributed by atoms with Crippen LogP contribution in [0.5, 0.6) is 5.75 Å². The van der Waals surface area contributed by atoms with Crippen molar-refractivity contribution in [2.75, 3.05) is 0 Å². The predicted molar refractivity (Wildman–Crippen MR) is 79.2 cm³/mol. The van der Waals surface area contributed by atoms with Crippen molar-refractivity contribution in [2.24, 2.45) is 5.73 Å². The lowest BCUT2D eigenvalue weighted by molar-refractivity contribution is 0.295. The van der Waals surface area contributed by atoms with Gasteiger partial charge in [0.25, 0.3) is 0 Å². The molecule has 0 saturated heterocycles. The van der Waals surface area contributed by atoms with Gasteiger partial charge in [0.2, 0.25) is 0 Å². The monoisotopic (exact) mass is 284 g/mol. The topological polar surface area (TPSA) is 59.0 Å². The van der Waals surface area contributed by atoms with Crippen LogP contribution in [-0.2, 0) is 6.61 Å². The van der Waals surface area contributed by atoms with Gasteiger partial charge < -0.3 is 10.5 Å². The van der Waals surface area contributed by atoms with E-state index in [9.17, 15) is 4.39 Å². The van der Waals surface area contributed by atoms with E-state index in [0.717, 1.165) is 11.1 Å². The van der Waals surface area contributed by atoms with Crippen LogP contribution in [0.3, 0.4) is 0 Å². The Morgan fingerprint density at radius 3 is 2.71 bits per heavy atom. The highest BCUT2D eigenvalue weighted by Crippen LogP contribution is 2.26. The number of rotatable bonds is 4. The Morgan fingerprint density at radius 1 is 1.29 bits per heavy atom. The fourth-order valence-corrected chi connectivity index (χ4v) is 2.07. The molecule has 2 aromatic rings. The van der Waals surface area contributed by atoms with Crippen molar-refractivity contribution in [1.82, 2.24) is 0 Å². The van der Waals surface area contributed by atoms with Gasteiger partial charge in [-0.3, -0.25) is 0 Å². The maximum atomic E-state index is 13.7. The second kappa shape index (κ2) is 6.38. The molecule has 0 aromatic heterocycles. The van der Waals surface area contributed by atoms with Gasteiger partial charge in [-0.15, -0.1) is 0 Å². The van der Waals surface area contributed by atoms with E-state index >= 15 is 0 Å². The molecule has 0 aliphatic rings. The zero-order valence-electron chi connectivity index (χ0n) is 12.1. The van der Waals surface area contributed by atoms with Crippen molar-refractivity contribution >= 4 is 0 Å². The standard InChI is InChI=1S/C17H17FN2O/c1-11-3-6-17(15(7-11)12(2)20)21-10-14-8-13(9-19)4-5-16(14)18/h3-8,12H,10,20H2,1-2H3. The number of nitrogens with zero attached hydrogens (tertiary/aromatic N) is 1. The molecule has 21 heavy (non-hydrogen) atoms. The number of hydrogen-bond acceptors (Lipinski definition) is 3. The molecular formula is C17H17FN2O. The molecular weight excluding hydrogens is 267 g/mol. The fraction of sp³-hybridized carbons (Fsp3) is 0.235. The van der Waals surface area contributed by atoms with E-state index in [-0.39, 0.29) is 18.5 Å². The summed E-state index contributed by atoms with van der Waals surface area (Å²) in [4.78, 5) is 0. The van der Waals surface area contributed by atoms with Gasteiger partial charge in [-0.05, 0) is 38.1 Å². The van der Waals surface area contributed by atoms with Crippen molar-refractivity contribution in [3.63, 3.8) is 0 Å². The lowest BCUT2D eigenvalue weighted by Gasteiger charge is -2.15. The molecule has 2 N–H and O–H groups in total. The molecule has 0 aliphatic carbocycles. The highest BCUT2D eigenvalue weighted by Gasteiger charge is 2.10. The Labute approximate surface area is 123 Å². The van der Waals surface area contributed by atoms with Crippen molar-refractivity contribution in [3.05, 3.63) is 64.5 Å². The Balaban J connectivity index is 2.23. The molecule has 0 spiro atoms. The van der Waals surface area contributed by atoms with E-state index in [1.165, 1.54) is 18.2 Å².